The highest BCUT2D eigenvalue weighted by Gasteiger charge is 2.24. The van der Waals surface area contributed by atoms with Crippen molar-refractivity contribution in [2.75, 3.05) is 11.8 Å². The largest absolute Gasteiger partial charge is 0.495 e. The lowest BCUT2D eigenvalue weighted by atomic mass is 10.2. The molecule has 2 aromatic heterocycles. The summed E-state index contributed by atoms with van der Waals surface area (Å²) in [6.07, 6.45) is 4.08. The van der Waals surface area contributed by atoms with E-state index in [1.807, 2.05) is 0 Å². The minimum Gasteiger partial charge on any atom is -0.495 e. The summed E-state index contributed by atoms with van der Waals surface area (Å²) in [5, 5.41) is 7.54. The van der Waals surface area contributed by atoms with E-state index in [0.29, 0.717) is 23.4 Å². The number of anilines is 1. The molecular weight excluding hydrogens is 466 g/mol. The lowest BCUT2D eigenvalue weighted by Crippen LogP contribution is -2.17. The van der Waals surface area contributed by atoms with E-state index < -0.39 is 49.6 Å². The number of hydrogen-bond acceptors (Lipinski definition) is 6. The van der Waals surface area contributed by atoms with Gasteiger partial charge in [0.1, 0.15) is 33.7 Å². The fourth-order valence-electron chi connectivity index (χ4n) is 2.89. The molecule has 0 saturated heterocycles. The van der Waals surface area contributed by atoms with Crippen LogP contribution in [-0.4, -0.2) is 35.5 Å². The van der Waals surface area contributed by atoms with E-state index in [4.69, 9.17) is 4.74 Å². The molecule has 0 atom stereocenters. The molecule has 33 heavy (non-hydrogen) atoms. The van der Waals surface area contributed by atoms with Gasteiger partial charge >= 0.3 is 0 Å². The van der Waals surface area contributed by atoms with Crippen molar-refractivity contribution in [2.24, 2.45) is 0 Å². The molecular formula is C20H13F4N5O3S. The number of methoxy groups -OCH3 is 1. The first kappa shape index (κ1) is 22.2. The number of hydrogen-bond donors (Lipinski definition) is 1. The Morgan fingerprint density at radius 2 is 1.76 bits per heavy atom. The molecule has 2 heterocycles. The Balaban J connectivity index is 1.72. The van der Waals surface area contributed by atoms with Crippen molar-refractivity contribution in [3.8, 4) is 22.7 Å². The van der Waals surface area contributed by atoms with Gasteiger partial charge in [-0.25, -0.2) is 30.7 Å². The van der Waals surface area contributed by atoms with Crippen molar-refractivity contribution in [3.63, 3.8) is 0 Å². The minimum absolute atomic E-state index is 0.202. The van der Waals surface area contributed by atoms with Crippen LogP contribution in [0.1, 0.15) is 0 Å². The molecule has 1 N–H and O–H groups in total. The summed E-state index contributed by atoms with van der Waals surface area (Å²) in [5.74, 6) is -4.28. The molecule has 0 aliphatic rings. The highest BCUT2D eigenvalue weighted by Crippen LogP contribution is 2.28. The van der Waals surface area contributed by atoms with Crippen LogP contribution >= 0.6 is 0 Å². The molecule has 0 unspecified atom stereocenters. The summed E-state index contributed by atoms with van der Waals surface area (Å²) in [6.45, 7) is 0. The predicted octanol–water partition coefficient (Wildman–Crippen LogP) is 3.70. The normalized spacial score (nSPS) is 11.4. The first-order valence-corrected chi connectivity index (χ1v) is 10.6. The summed E-state index contributed by atoms with van der Waals surface area (Å²) >= 11 is 0. The number of nitrogens with zero attached hydrogens (tertiary/aromatic N) is 4. The van der Waals surface area contributed by atoms with Gasteiger partial charge in [-0.1, -0.05) is 5.21 Å². The quantitative estimate of drug-likeness (QED) is 0.424. The summed E-state index contributed by atoms with van der Waals surface area (Å²) in [7, 11) is -3.31. The van der Waals surface area contributed by atoms with Gasteiger partial charge in [-0.15, -0.1) is 5.10 Å². The second-order valence-corrected chi connectivity index (χ2v) is 8.25. The van der Waals surface area contributed by atoms with Crippen molar-refractivity contribution in [1.82, 2.24) is 20.0 Å². The van der Waals surface area contributed by atoms with Crippen molar-refractivity contribution < 1.29 is 30.7 Å². The van der Waals surface area contributed by atoms with E-state index in [1.165, 1.54) is 25.7 Å². The van der Waals surface area contributed by atoms with Crippen molar-refractivity contribution in [2.45, 2.75) is 4.90 Å². The molecule has 0 saturated carbocycles. The Bertz CT molecular complexity index is 1460. The second kappa shape index (κ2) is 8.50. The molecule has 0 aliphatic carbocycles. The average molecular weight is 479 g/mol. The summed E-state index contributed by atoms with van der Waals surface area (Å²) < 4.78 is 89.5. The highest BCUT2D eigenvalue weighted by atomic mass is 32.2. The fourth-order valence-corrected chi connectivity index (χ4v) is 4.04. The third-order valence-corrected chi connectivity index (χ3v) is 5.84. The van der Waals surface area contributed by atoms with Gasteiger partial charge in [0, 0.05) is 11.8 Å². The molecule has 13 heteroatoms. The van der Waals surface area contributed by atoms with Crippen LogP contribution in [0.4, 0.5) is 23.2 Å². The molecule has 0 spiro atoms. The van der Waals surface area contributed by atoms with Gasteiger partial charge in [0.25, 0.3) is 10.0 Å². The van der Waals surface area contributed by atoms with Crippen LogP contribution in [0, 0.1) is 23.3 Å². The van der Waals surface area contributed by atoms with Gasteiger partial charge in [-0.05, 0) is 36.4 Å². The maximum absolute atomic E-state index is 15.1. The lowest BCUT2D eigenvalue weighted by Gasteiger charge is -2.12. The summed E-state index contributed by atoms with van der Waals surface area (Å²) in [5.41, 5.74) is -0.812. The van der Waals surface area contributed by atoms with Gasteiger partial charge in [-0.3, -0.25) is 9.71 Å². The summed E-state index contributed by atoms with van der Waals surface area (Å²) in [4.78, 5) is 2.92. The van der Waals surface area contributed by atoms with E-state index in [9.17, 15) is 21.6 Å². The maximum Gasteiger partial charge on any atom is 0.265 e. The zero-order chi connectivity index (χ0) is 23.8. The first-order chi connectivity index (χ1) is 15.7. The van der Waals surface area contributed by atoms with E-state index in [0.717, 1.165) is 22.9 Å². The van der Waals surface area contributed by atoms with Gasteiger partial charge in [-0.2, -0.15) is 0 Å². The Kier molecular flexibility index (Phi) is 5.72. The number of ether oxygens (including phenoxy) is 1. The Morgan fingerprint density at radius 1 is 1.00 bits per heavy atom. The third kappa shape index (κ3) is 4.35. The number of nitrogens with one attached hydrogen (secondary N) is 1. The van der Waals surface area contributed by atoms with Gasteiger partial charge in [0.2, 0.25) is 0 Å². The molecule has 170 valence electrons. The topological polar surface area (TPSA) is 99.0 Å². The van der Waals surface area contributed by atoms with Crippen LogP contribution in [0.2, 0.25) is 0 Å². The zero-order valence-corrected chi connectivity index (χ0v) is 17.4. The Hall–Kier alpha value is -4.00. The number of rotatable bonds is 6. The van der Waals surface area contributed by atoms with Crippen molar-refractivity contribution >= 4 is 15.7 Å². The van der Waals surface area contributed by atoms with E-state index >= 15 is 4.39 Å². The fraction of sp³-hybridized carbons (Fsp3) is 0.0500. The average Bonchev–Trinajstić information content (AvgIpc) is 3.27. The number of aromatic nitrogens is 4. The molecule has 4 aromatic rings. The molecule has 0 radical (unpaired) electrons. The number of sulfonamides is 1. The van der Waals surface area contributed by atoms with E-state index in [1.54, 1.807) is 10.8 Å². The van der Waals surface area contributed by atoms with Crippen molar-refractivity contribution in [1.29, 1.82) is 0 Å². The monoisotopic (exact) mass is 479 g/mol. The van der Waals surface area contributed by atoms with Gasteiger partial charge < -0.3 is 4.74 Å². The number of halogens is 4. The molecule has 0 aliphatic heterocycles. The highest BCUT2D eigenvalue weighted by molar-refractivity contribution is 7.92. The van der Waals surface area contributed by atoms with Crippen LogP contribution < -0.4 is 9.46 Å². The van der Waals surface area contributed by atoms with E-state index in [-0.39, 0.29) is 5.69 Å². The standard InChI is InChI=1S/C20H13F4N5O3S/c1-32-13-6-11(8-25-9-13)17-10-29(28-26-17)20-15(23)4-5-16(19(20)24)27-33(30,31)18-7-12(21)2-3-14(18)22/h2-10,27H,1H3. The van der Waals surface area contributed by atoms with Crippen molar-refractivity contribution in [3.05, 3.63) is 78.3 Å². The molecule has 0 fully saturated rings. The summed E-state index contributed by atoms with van der Waals surface area (Å²) in [6, 6.07) is 4.93. The molecule has 2 aromatic carbocycles. The third-order valence-electron chi connectivity index (χ3n) is 4.46. The van der Waals surface area contributed by atoms with Gasteiger partial charge in [0.15, 0.2) is 11.6 Å². The van der Waals surface area contributed by atoms with Crippen LogP contribution in [-0.2, 0) is 10.0 Å². The van der Waals surface area contributed by atoms with E-state index in [2.05, 4.69) is 15.3 Å². The SMILES string of the molecule is COc1cncc(-c2cn(-c3c(F)ccc(NS(=O)(=O)c4cc(F)ccc4F)c3F)nn2)c1. The number of pyridine rings is 1. The smallest absolute Gasteiger partial charge is 0.265 e. The van der Waals surface area contributed by atoms with Crippen LogP contribution in [0.15, 0.2) is 59.9 Å². The number of benzene rings is 2. The zero-order valence-electron chi connectivity index (χ0n) is 16.6. The van der Waals surface area contributed by atoms with Crippen LogP contribution in [0.5, 0.6) is 5.75 Å². The first-order valence-electron chi connectivity index (χ1n) is 9.07. The molecule has 4 rings (SSSR count). The molecule has 0 amide bonds. The Labute approximate surface area is 184 Å². The maximum atomic E-state index is 15.1. The predicted molar refractivity (Wildman–Crippen MR) is 108 cm³/mol. The lowest BCUT2D eigenvalue weighted by molar-refractivity contribution is 0.413. The second-order valence-electron chi connectivity index (χ2n) is 6.60. The van der Waals surface area contributed by atoms with Crippen LogP contribution in [0.3, 0.4) is 0 Å². The Morgan fingerprint density at radius 3 is 2.52 bits per heavy atom. The van der Waals surface area contributed by atoms with Gasteiger partial charge in [0.05, 0.1) is 25.2 Å². The van der Waals surface area contributed by atoms with Crippen LogP contribution in [0.25, 0.3) is 16.9 Å². The molecule has 8 nitrogen and oxygen atoms in total. The minimum atomic E-state index is -4.74. The molecule has 0 bridgehead atoms.